The number of piperidine rings is 1. The minimum Gasteiger partial charge on any atom is -0.342 e. The quantitative estimate of drug-likeness (QED) is 0.646. The van der Waals surface area contributed by atoms with Crippen LogP contribution in [-0.4, -0.2) is 51.5 Å². The number of benzene rings is 1. The predicted octanol–water partition coefficient (Wildman–Crippen LogP) is 3.99. The number of nitrogens with zero attached hydrogens (tertiary/aromatic N) is 3. The number of amides is 2. The second kappa shape index (κ2) is 8.09. The minimum absolute atomic E-state index is 0.197. The lowest BCUT2D eigenvalue weighted by Gasteiger charge is -2.37. The van der Waals surface area contributed by atoms with Crippen LogP contribution in [0.5, 0.6) is 0 Å². The highest BCUT2D eigenvalue weighted by Gasteiger charge is 2.58. The summed E-state index contributed by atoms with van der Waals surface area (Å²) in [4.78, 5) is 32.9. The Hall–Kier alpha value is -3.01. The smallest absolute Gasteiger partial charge is 0.280 e. The molecule has 0 bridgehead atoms. The first-order valence-corrected chi connectivity index (χ1v) is 10.8. The van der Waals surface area contributed by atoms with E-state index in [1.165, 1.54) is 18.2 Å². The van der Waals surface area contributed by atoms with Crippen LogP contribution in [0, 0.1) is 11.6 Å². The molecule has 2 atom stereocenters. The average Bonchev–Trinajstić information content (AvgIpc) is 3.31. The second-order valence-corrected chi connectivity index (χ2v) is 8.64. The number of likely N-dealkylation sites (tertiary alicyclic amines) is 1. The van der Waals surface area contributed by atoms with Crippen molar-refractivity contribution in [2.45, 2.75) is 50.0 Å². The Balaban J connectivity index is 1.28. The third kappa shape index (κ3) is 3.76. The van der Waals surface area contributed by atoms with Gasteiger partial charge in [0.2, 0.25) is 0 Å². The zero-order chi connectivity index (χ0) is 23.3. The molecule has 2 aromatic rings. The minimum atomic E-state index is -2.71. The van der Waals surface area contributed by atoms with Crippen molar-refractivity contribution in [3.63, 3.8) is 0 Å². The molecule has 1 aromatic carbocycles. The normalized spacial score (nSPS) is 24.1. The van der Waals surface area contributed by atoms with E-state index in [2.05, 4.69) is 4.98 Å². The summed E-state index contributed by atoms with van der Waals surface area (Å²) in [5.41, 5.74) is -0.884. The molecule has 1 aromatic heterocycles. The number of halogens is 4. The van der Waals surface area contributed by atoms with E-state index in [4.69, 9.17) is 4.74 Å². The third-order valence-corrected chi connectivity index (χ3v) is 6.70. The molecule has 33 heavy (non-hydrogen) atoms. The number of alkyl halides is 2. The molecule has 0 unspecified atom stereocenters. The number of hydrogen-bond donors (Lipinski definition) is 0. The summed E-state index contributed by atoms with van der Waals surface area (Å²) in [7, 11) is 0. The first-order valence-electron chi connectivity index (χ1n) is 10.8. The van der Waals surface area contributed by atoms with Gasteiger partial charge in [-0.15, -0.1) is 0 Å². The molecular weight excluding hydrogens is 442 g/mol. The van der Waals surface area contributed by atoms with Crippen LogP contribution in [0.1, 0.15) is 59.8 Å². The lowest BCUT2D eigenvalue weighted by Crippen LogP contribution is -2.51. The van der Waals surface area contributed by atoms with Crippen LogP contribution in [0.2, 0.25) is 0 Å². The first-order chi connectivity index (χ1) is 15.8. The fraction of sp³-hybridized carbons (Fsp3) is 0.435. The van der Waals surface area contributed by atoms with Crippen molar-refractivity contribution in [2.75, 3.05) is 13.1 Å². The zero-order valence-electron chi connectivity index (χ0n) is 17.5. The fourth-order valence-corrected chi connectivity index (χ4v) is 5.05. The van der Waals surface area contributed by atoms with Crippen molar-refractivity contribution < 1.29 is 31.9 Å². The van der Waals surface area contributed by atoms with E-state index in [1.54, 1.807) is 9.80 Å². The molecule has 3 aliphatic rings. The molecule has 0 aliphatic carbocycles. The lowest BCUT2D eigenvalue weighted by atomic mass is 9.89. The number of carbonyl (C=O) groups is 2. The van der Waals surface area contributed by atoms with Crippen molar-refractivity contribution in [1.82, 2.24) is 14.8 Å². The van der Waals surface area contributed by atoms with E-state index in [0.29, 0.717) is 18.4 Å². The van der Waals surface area contributed by atoms with Crippen LogP contribution < -0.4 is 0 Å². The number of ether oxygens (including phenoxy) is 1. The number of carbonyl (C=O) groups excluding carboxylic acids is 2. The number of rotatable bonds is 3. The summed E-state index contributed by atoms with van der Waals surface area (Å²) < 4.78 is 59.0. The largest absolute Gasteiger partial charge is 0.342 e. The topological polar surface area (TPSA) is 62.7 Å². The maximum Gasteiger partial charge on any atom is 0.280 e. The van der Waals surface area contributed by atoms with Gasteiger partial charge in [-0.2, -0.15) is 0 Å². The van der Waals surface area contributed by atoms with Gasteiger partial charge in [0.25, 0.3) is 18.2 Å². The molecule has 5 rings (SSSR count). The van der Waals surface area contributed by atoms with Crippen molar-refractivity contribution in [3.8, 4) is 0 Å². The molecule has 0 radical (unpaired) electrons. The Labute approximate surface area is 187 Å². The maximum absolute atomic E-state index is 13.7. The van der Waals surface area contributed by atoms with Gasteiger partial charge in [-0.05, 0) is 42.7 Å². The van der Waals surface area contributed by atoms with E-state index >= 15 is 0 Å². The molecule has 174 valence electrons. The summed E-state index contributed by atoms with van der Waals surface area (Å²) in [6.07, 6.45) is -0.402. The van der Waals surface area contributed by atoms with Crippen LogP contribution in [0.3, 0.4) is 0 Å². The summed E-state index contributed by atoms with van der Waals surface area (Å²) in [6, 6.07) is 5.24. The van der Waals surface area contributed by atoms with Crippen LogP contribution >= 0.6 is 0 Å². The van der Waals surface area contributed by atoms with Crippen molar-refractivity contribution >= 4 is 11.8 Å². The van der Waals surface area contributed by atoms with Crippen LogP contribution in [-0.2, 0) is 9.53 Å². The monoisotopic (exact) mass is 463 g/mol. The highest BCUT2D eigenvalue weighted by molar-refractivity contribution is 5.94. The molecule has 0 saturated carbocycles. The summed E-state index contributed by atoms with van der Waals surface area (Å²) in [6.45, 7) is 0.502. The van der Waals surface area contributed by atoms with E-state index in [9.17, 15) is 27.2 Å². The number of fused-ring (bicyclic) bond motifs is 1. The number of hydrogen-bond acceptors (Lipinski definition) is 4. The van der Waals surface area contributed by atoms with Crippen LogP contribution in [0.4, 0.5) is 17.6 Å². The van der Waals surface area contributed by atoms with Gasteiger partial charge in [-0.25, -0.2) is 17.6 Å². The van der Waals surface area contributed by atoms with E-state index < -0.39 is 41.6 Å². The van der Waals surface area contributed by atoms with Crippen LogP contribution in [0.15, 0.2) is 36.5 Å². The molecular formula is C23H21F4N3O3. The van der Waals surface area contributed by atoms with E-state index in [-0.39, 0.29) is 43.3 Å². The molecule has 10 heteroatoms. The highest BCUT2D eigenvalue weighted by Crippen LogP contribution is 2.47. The molecule has 6 nitrogen and oxygen atoms in total. The Morgan fingerprint density at radius 3 is 2.39 bits per heavy atom. The van der Waals surface area contributed by atoms with Crippen molar-refractivity contribution in [3.05, 3.63) is 65.0 Å². The standard InChI is InChI=1S/C23H21F4N3O3/c24-15-9-14(10-16(25)11-15)18-3-4-19-30(18)22(32)23(33-19)5-7-29(8-6-23)21(31)13-1-2-17(20(26)27)28-12-13/h1-2,9-12,18-20H,3-8H2/t18-,19+/m0/s1. The van der Waals surface area contributed by atoms with E-state index in [1.807, 2.05) is 0 Å². The molecule has 3 saturated heterocycles. The van der Waals surface area contributed by atoms with Crippen LogP contribution in [0.25, 0.3) is 0 Å². The molecule has 3 fully saturated rings. The predicted molar refractivity (Wildman–Crippen MR) is 107 cm³/mol. The molecule has 3 aliphatic heterocycles. The SMILES string of the molecule is O=C(c1ccc(C(F)F)nc1)N1CCC2(CC1)O[C@@H]1CC[C@@H](c3cc(F)cc(F)c3)N1C2=O. The summed E-state index contributed by atoms with van der Waals surface area (Å²) in [5, 5.41) is 0. The second-order valence-electron chi connectivity index (χ2n) is 8.64. The maximum atomic E-state index is 13.7. The molecule has 4 heterocycles. The van der Waals surface area contributed by atoms with Crippen molar-refractivity contribution in [2.24, 2.45) is 0 Å². The third-order valence-electron chi connectivity index (χ3n) is 6.70. The lowest BCUT2D eigenvalue weighted by molar-refractivity contribution is -0.142. The summed E-state index contributed by atoms with van der Waals surface area (Å²) in [5.74, 6) is -1.97. The van der Waals surface area contributed by atoms with Gasteiger partial charge < -0.3 is 14.5 Å². The van der Waals surface area contributed by atoms with Gasteiger partial charge in [-0.1, -0.05) is 0 Å². The van der Waals surface area contributed by atoms with Gasteiger partial charge in [0.1, 0.15) is 23.6 Å². The Morgan fingerprint density at radius 1 is 1.09 bits per heavy atom. The highest BCUT2D eigenvalue weighted by atomic mass is 19.3. The van der Waals surface area contributed by atoms with Gasteiger partial charge in [0.05, 0.1) is 11.6 Å². The van der Waals surface area contributed by atoms with Crippen molar-refractivity contribution in [1.29, 1.82) is 0 Å². The van der Waals surface area contributed by atoms with Gasteiger partial charge in [0.15, 0.2) is 5.60 Å². The van der Waals surface area contributed by atoms with Gasteiger partial charge in [-0.3, -0.25) is 14.6 Å². The number of aromatic nitrogens is 1. The molecule has 0 N–H and O–H groups in total. The first kappa shape index (κ1) is 21.8. The average molecular weight is 463 g/mol. The summed E-state index contributed by atoms with van der Waals surface area (Å²) >= 11 is 0. The Bertz CT molecular complexity index is 1070. The number of pyridine rings is 1. The fourth-order valence-electron chi connectivity index (χ4n) is 5.05. The van der Waals surface area contributed by atoms with E-state index in [0.717, 1.165) is 18.3 Å². The zero-order valence-corrected chi connectivity index (χ0v) is 17.5. The van der Waals surface area contributed by atoms with Gasteiger partial charge in [0, 0.05) is 38.2 Å². The Kier molecular flexibility index (Phi) is 5.35. The molecule has 1 spiro atoms. The van der Waals surface area contributed by atoms with Gasteiger partial charge >= 0.3 is 0 Å². The Morgan fingerprint density at radius 2 is 1.79 bits per heavy atom. The molecule has 2 amide bonds.